The van der Waals surface area contributed by atoms with Gasteiger partial charge in [-0.25, -0.2) is 21.8 Å². The molecule has 2 heterocycles. The van der Waals surface area contributed by atoms with Crippen LogP contribution >= 0.6 is 0 Å². The van der Waals surface area contributed by atoms with Crippen LogP contribution in [0.4, 0.5) is 10.1 Å². The second kappa shape index (κ2) is 8.65. The Morgan fingerprint density at radius 2 is 1.80 bits per heavy atom. The van der Waals surface area contributed by atoms with Gasteiger partial charge in [0.15, 0.2) is 15.7 Å². The molecule has 0 radical (unpaired) electrons. The maximum atomic E-state index is 16.0. The SMILES string of the molecule is O=C1CN(c2c(OCc3ccccc3)cc3ccc(C4=CCS(=O)(=O)CC4)cc3c2F)S(=O)(=O)N1. The highest BCUT2D eigenvalue weighted by Crippen LogP contribution is 2.40. The predicted molar refractivity (Wildman–Crippen MR) is 130 cm³/mol. The molecular weight excluding hydrogens is 495 g/mol. The highest BCUT2D eigenvalue weighted by atomic mass is 32.2. The molecule has 0 atom stereocenters. The van der Waals surface area contributed by atoms with Crippen LogP contribution in [0.15, 0.2) is 60.7 Å². The minimum Gasteiger partial charge on any atom is -0.487 e. The van der Waals surface area contributed by atoms with Crippen LogP contribution in [0.1, 0.15) is 17.5 Å². The van der Waals surface area contributed by atoms with Gasteiger partial charge in [-0.2, -0.15) is 8.42 Å². The van der Waals surface area contributed by atoms with Crippen LogP contribution in [0.5, 0.6) is 5.75 Å². The smallest absolute Gasteiger partial charge is 0.326 e. The number of nitrogens with zero attached hydrogens (tertiary/aromatic N) is 1. The van der Waals surface area contributed by atoms with Crippen molar-refractivity contribution < 1.29 is 30.8 Å². The number of nitrogens with one attached hydrogen (secondary N) is 1. The van der Waals surface area contributed by atoms with Crippen LogP contribution < -0.4 is 13.8 Å². The van der Waals surface area contributed by atoms with Crippen molar-refractivity contribution in [2.24, 2.45) is 0 Å². The Balaban J connectivity index is 1.62. The van der Waals surface area contributed by atoms with Crippen molar-refractivity contribution >= 4 is 48.0 Å². The fraction of sp³-hybridized carbons (Fsp3) is 0.208. The molecule has 11 heteroatoms. The van der Waals surface area contributed by atoms with E-state index in [4.69, 9.17) is 4.74 Å². The average Bonchev–Trinajstić information content (AvgIpc) is 3.09. The highest BCUT2D eigenvalue weighted by molar-refractivity contribution is 7.92. The molecule has 2 aliphatic heterocycles. The lowest BCUT2D eigenvalue weighted by molar-refractivity contribution is -0.117. The Labute approximate surface area is 202 Å². The molecule has 2 aliphatic rings. The first-order chi connectivity index (χ1) is 16.6. The molecule has 3 aromatic carbocycles. The normalized spacial score (nSPS) is 18.8. The van der Waals surface area contributed by atoms with Gasteiger partial charge in [-0.1, -0.05) is 48.5 Å². The lowest BCUT2D eigenvalue weighted by Crippen LogP contribution is -2.30. The molecule has 0 saturated carbocycles. The lowest BCUT2D eigenvalue weighted by atomic mass is 9.98. The Bertz CT molecular complexity index is 1590. The second-order valence-electron chi connectivity index (χ2n) is 8.38. The van der Waals surface area contributed by atoms with E-state index in [2.05, 4.69) is 0 Å². The zero-order valence-electron chi connectivity index (χ0n) is 18.4. The summed E-state index contributed by atoms with van der Waals surface area (Å²) in [6, 6.07) is 15.7. The number of halogens is 1. The Hall–Kier alpha value is -3.44. The second-order valence-corrected chi connectivity index (χ2v) is 12.2. The number of hydrogen-bond donors (Lipinski definition) is 1. The van der Waals surface area contributed by atoms with E-state index >= 15 is 4.39 Å². The summed E-state index contributed by atoms with van der Waals surface area (Å²) in [6.07, 6.45) is 1.92. The Kier molecular flexibility index (Phi) is 5.76. The number of sulfone groups is 1. The van der Waals surface area contributed by atoms with Crippen LogP contribution in [0.2, 0.25) is 0 Å². The van der Waals surface area contributed by atoms with Crippen LogP contribution in [0.25, 0.3) is 16.3 Å². The standard InChI is InChI=1S/C24H21FN2O6S2/c25-23-20-12-18(17-8-10-34(29,30)11-9-17)6-7-19(20)13-21(33-15-16-4-2-1-3-5-16)24(23)27-14-22(28)26-35(27,31)32/h1-8,12-13H,9-11,14-15H2,(H,26,28). The number of carbonyl (C=O) groups excluding carboxylic acids is 1. The summed E-state index contributed by atoms with van der Waals surface area (Å²) in [7, 11) is -7.42. The lowest BCUT2D eigenvalue weighted by Gasteiger charge is -2.21. The first-order valence-corrected chi connectivity index (χ1v) is 14.1. The number of fused-ring (bicyclic) bond motifs is 1. The Morgan fingerprint density at radius 1 is 1.03 bits per heavy atom. The topological polar surface area (TPSA) is 110 Å². The quantitative estimate of drug-likeness (QED) is 0.559. The number of allylic oxidation sites excluding steroid dienone is 1. The van der Waals surface area contributed by atoms with E-state index in [1.807, 2.05) is 35.1 Å². The molecule has 35 heavy (non-hydrogen) atoms. The van der Waals surface area contributed by atoms with Crippen molar-refractivity contribution in [2.75, 3.05) is 22.4 Å². The molecule has 182 valence electrons. The van der Waals surface area contributed by atoms with E-state index in [9.17, 15) is 21.6 Å². The van der Waals surface area contributed by atoms with Gasteiger partial charge in [-0.3, -0.25) is 4.79 Å². The van der Waals surface area contributed by atoms with Crippen molar-refractivity contribution in [1.82, 2.24) is 4.72 Å². The molecule has 5 rings (SSSR count). The van der Waals surface area contributed by atoms with Gasteiger partial charge in [-0.05, 0) is 40.6 Å². The highest BCUT2D eigenvalue weighted by Gasteiger charge is 2.38. The number of anilines is 1. The van der Waals surface area contributed by atoms with Gasteiger partial charge >= 0.3 is 10.2 Å². The minimum absolute atomic E-state index is 0.0106. The predicted octanol–water partition coefficient (Wildman–Crippen LogP) is 2.94. The number of benzene rings is 3. The van der Waals surface area contributed by atoms with Gasteiger partial charge in [-0.15, -0.1) is 0 Å². The van der Waals surface area contributed by atoms with E-state index in [1.165, 1.54) is 0 Å². The van der Waals surface area contributed by atoms with E-state index < -0.39 is 38.3 Å². The maximum Gasteiger partial charge on any atom is 0.326 e. The fourth-order valence-electron chi connectivity index (χ4n) is 4.18. The minimum atomic E-state index is -4.29. The van der Waals surface area contributed by atoms with Crippen molar-refractivity contribution in [3.8, 4) is 5.75 Å². The maximum absolute atomic E-state index is 16.0. The summed E-state index contributed by atoms with van der Waals surface area (Å²) >= 11 is 0. The molecule has 0 aliphatic carbocycles. The zero-order valence-corrected chi connectivity index (χ0v) is 20.0. The third-order valence-corrected chi connectivity index (χ3v) is 8.84. The van der Waals surface area contributed by atoms with Crippen molar-refractivity contribution in [3.05, 3.63) is 77.6 Å². The first kappa shape index (κ1) is 23.3. The van der Waals surface area contributed by atoms with E-state index in [0.717, 1.165) is 11.1 Å². The van der Waals surface area contributed by atoms with Crippen molar-refractivity contribution in [1.29, 1.82) is 0 Å². The van der Waals surface area contributed by atoms with E-state index in [0.29, 0.717) is 21.7 Å². The largest absolute Gasteiger partial charge is 0.487 e. The summed E-state index contributed by atoms with van der Waals surface area (Å²) in [5.41, 5.74) is 1.86. The van der Waals surface area contributed by atoms with Gasteiger partial charge in [0.2, 0.25) is 0 Å². The van der Waals surface area contributed by atoms with E-state index in [-0.39, 0.29) is 34.9 Å². The molecule has 1 fully saturated rings. The summed E-state index contributed by atoms with van der Waals surface area (Å²) in [5, 5.41) is 0.603. The van der Waals surface area contributed by atoms with E-state index in [1.54, 1.807) is 30.3 Å². The molecule has 0 unspecified atom stereocenters. The molecule has 0 bridgehead atoms. The van der Waals surface area contributed by atoms with Gasteiger partial charge in [0.05, 0.1) is 11.5 Å². The third kappa shape index (κ3) is 4.61. The zero-order chi connectivity index (χ0) is 24.8. The summed E-state index contributed by atoms with van der Waals surface area (Å²) in [4.78, 5) is 11.9. The molecule has 1 saturated heterocycles. The van der Waals surface area contributed by atoms with Crippen LogP contribution in [-0.2, 0) is 31.4 Å². The van der Waals surface area contributed by atoms with Crippen LogP contribution in [-0.4, -0.2) is 40.8 Å². The van der Waals surface area contributed by atoms with Crippen molar-refractivity contribution in [3.63, 3.8) is 0 Å². The molecule has 3 aromatic rings. The van der Waals surface area contributed by atoms with Gasteiger partial charge in [0.1, 0.15) is 24.6 Å². The fourth-order valence-corrected chi connectivity index (χ4v) is 6.49. The molecule has 8 nitrogen and oxygen atoms in total. The number of carbonyl (C=O) groups is 1. The molecule has 1 N–H and O–H groups in total. The van der Waals surface area contributed by atoms with Crippen LogP contribution in [0.3, 0.4) is 0 Å². The number of amides is 1. The average molecular weight is 517 g/mol. The molecular formula is C24H21FN2O6S2. The summed E-state index contributed by atoms with van der Waals surface area (Å²) in [5.74, 6) is -1.72. The summed E-state index contributed by atoms with van der Waals surface area (Å²) in [6.45, 7) is -0.511. The Morgan fingerprint density at radius 3 is 2.46 bits per heavy atom. The third-order valence-electron chi connectivity index (χ3n) is 5.96. The monoisotopic (exact) mass is 516 g/mol. The van der Waals surface area contributed by atoms with Gasteiger partial charge < -0.3 is 4.74 Å². The number of ether oxygens (including phenoxy) is 1. The molecule has 0 spiro atoms. The van der Waals surface area contributed by atoms with Crippen molar-refractivity contribution in [2.45, 2.75) is 13.0 Å². The first-order valence-electron chi connectivity index (χ1n) is 10.8. The number of hydrogen-bond acceptors (Lipinski definition) is 6. The number of rotatable bonds is 5. The van der Waals surface area contributed by atoms with Crippen LogP contribution in [0, 0.1) is 5.82 Å². The molecule has 0 aromatic heterocycles. The molecule has 1 amide bonds. The van der Waals surface area contributed by atoms with Gasteiger partial charge in [0.25, 0.3) is 5.91 Å². The van der Waals surface area contributed by atoms with Gasteiger partial charge in [0, 0.05) is 5.39 Å². The summed E-state index contributed by atoms with van der Waals surface area (Å²) < 4.78 is 73.1.